The average molecular weight is 292 g/mol. The highest BCUT2D eigenvalue weighted by molar-refractivity contribution is 5.83. The topological polar surface area (TPSA) is 72.1 Å². The molecule has 1 aliphatic rings. The molecule has 1 aliphatic heterocycles. The van der Waals surface area contributed by atoms with Gasteiger partial charge in [0, 0.05) is 12.1 Å². The number of hydrogen-bond donors (Lipinski definition) is 1. The molecule has 0 unspecified atom stereocenters. The fraction of sp³-hybridized carbons (Fsp3) is 0.545. The number of rotatable bonds is 2. The van der Waals surface area contributed by atoms with Crippen LogP contribution in [0.15, 0.2) is 6.07 Å². The van der Waals surface area contributed by atoms with Crippen LogP contribution in [0.3, 0.4) is 0 Å². The van der Waals surface area contributed by atoms with Gasteiger partial charge in [0.05, 0.1) is 6.54 Å². The molecule has 0 aromatic carbocycles. The molecule has 2 rings (SSSR count). The molecule has 2 N–H and O–H groups in total. The van der Waals surface area contributed by atoms with E-state index in [2.05, 4.69) is 9.97 Å². The van der Waals surface area contributed by atoms with Crippen molar-refractivity contribution in [3.63, 3.8) is 0 Å². The molecular weight excluding hydrogens is 280 g/mol. The number of anilines is 1. The first kappa shape index (κ1) is 14.5. The third-order valence-electron chi connectivity index (χ3n) is 2.97. The number of amides is 1. The Labute approximate surface area is 111 Å². The third-order valence-corrected chi connectivity index (χ3v) is 2.97. The maximum absolute atomic E-state index is 13.4. The van der Waals surface area contributed by atoms with Crippen LogP contribution in [-0.4, -0.2) is 34.6 Å². The number of nitrogens with zero attached hydrogens (tertiary/aromatic N) is 3. The summed E-state index contributed by atoms with van der Waals surface area (Å²) >= 11 is 0. The van der Waals surface area contributed by atoms with Gasteiger partial charge >= 0.3 is 6.18 Å². The fourth-order valence-corrected chi connectivity index (χ4v) is 2.10. The first-order chi connectivity index (χ1) is 9.18. The summed E-state index contributed by atoms with van der Waals surface area (Å²) in [5, 5.41) is 0. The van der Waals surface area contributed by atoms with Crippen molar-refractivity contribution in [2.45, 2.75) is 31.7 Å². The minimum atomic E-state index is -4.64. The molecule has 1 aromatic rings. The standard InChI is InChI=1S/C11H12F4N4O/c1-5-2-8(11(13,14)15)18-10(17-5)19-4-6(12)3-7(19)9(16)20/h2,6-7H,3-4H2,1H3,(H2,16,20)/t6-,7+/m1/s1. The van der Waals surface area contributed by atoms with Crippen LogP contribution in [-0.2, 0) is 11.0 Å². The first-order valence-corrected chi connectivity index (χ1v) is 5.81. The maximum atomic E-state index is 13.4. The quantitative estimate of drug-likeness (QED) is 0.832. The van der Waals surface area contributed by atoms with Crippen LogP contribution < -0.4 is 10.6 Å². The second-order valence-electron chi connectivity index (χ2n) is 4.60. The molecule has 2 atom stereocenters. The van der Waals surface area contributed by atoms with Crippen molar-refractivity contribution in [2.75, 3.05) is 11.4 Å². The normalized spacial score (nSPS) is 23.1. The van der Waals surface area contributed by atoms with Gasteiger partial charge in [-0.05, 0) is 13.0 Å². The predicted molar refractivity (Wildman–Crippen MR) is 61.6 cm³/mol. The number of alkyl halides is 4. The Balaban J connectivity index is 2.42. The van der Waals surface area contributed by atoms with Gasteiger partial charge in [0.1, 0.15) is 17.9 Å². The number of halogens is 4. The number of aromatic nitrogens is 2. The van der Waals surface area contributed by atoms with E-state index in [1.54, 1.807) is 0 Å². The second-order valence-corrected chi connectivity index (χ2v) is 4.60. The lowest BCUT2D eigenvalue weighted by Crippen LogP contribution is -2.41. The predicted octanol–water partition coefficient (Wildman–Crippen LogP) is 1.21. The van der Waals surface area contributed by atoms with E-state index in [1.807, 2.05) is 0 Å². The van der Waals surface area contributed by atoms with Crippen LogP contribution in [0.25, 0.3) is 0 Å². The van der Waals surface area contributed by atoms with Crippen molar-refractivity contribution < 1.29 is 22.4 Å². The van der Waals surface area contributed by atoms with E-state index < -0.39 is 30.0 Å². The van der Waals surface area contributed by atoms with Crippen LogP contribution in [0.5, 0.6) is 0 Å². The van der Waals surface area contributed by atoms with Gasteiger partial charge in [0.15, 0.2) is 0 Å². The van der Waals surface area contributed by atoms with Crippen LogP contribution in [0.2, 0.25) is 0 Å². The SMILES string of the molecule is Cc1cc(C(F)(F)F)nc(N2C[C@H](F)C[C@H]2C(N)=O)n1. The lowest BCUT2D eigenvalue weighted by Gasteiger charge is -2.22. The molecule has 0 radical (unpaired) electrons. The van der Waals surface area contributed by atoms with Gasteiger partial charge in [0.25, 0.3) is 0 Å². The number of primary amides is 1. The Morgan fingerprint density at radius 1 is 1.45 bits per heavy atom. The largest absolute Gasteiger partial charge is 0.433 e. The van der Waals surface area contributed by atoms with E-state index in [1.165, 1.54) is 6.92 Å². The minimum Gasteiger partial charge on any atom is -0.368 e. The fourth-order valence-electron chi connectivity index (χ4n) is 2.10. The number of hydrogen-bond acceptors (Lipinski definition) is 4. The molecule has 1 fully saturated rings. The zero-order valence-electron chi connectivity index (χ0n) is 10.5. The van der Waals surface area contributed by atoms with Crippen molar-refractivity contribution >= 4 is 11.9 Å². The lowest BCUT2D eigenvalue weighted by molar-refractivity contribution is -0.141. The summed E-state index contributed by atoms with van der Waals surface area (Å²) in [7, 11) is 0. The Hall–Kier alpha value is -1.93. The lowest BCUT2D eigenvalue weighted by atomic mass is 10.2. The van der Waals surface area contributed by atoms with Gasteiger partial charge in [-0.2, -0.15) is 13.2 Å². The molecule has 0 saturated carbocycles. The van der Waals surface area contributed by atoms with Gasteiger partial charge in [-0.1, -0.05) is 0 Å². The van der Waals surface area contributed by atoms with Crippen molar-refractivity contribution in [3.05, 3.63) is 17.5 Å². The molecule has 1 saturated heterocycles. The average Bonchev–Trinajstić information content (AvgIpc) is 2.69. The van der Waals surface area contributed by atoms with E-state index in [-0.39, 0.29) is 24.6 Å². The van der Waals surface area contributed by atoms with Crippen LogP contribution >= 0.6 is 0 Å². The molecule has 5 nitrogen and oxygen atoms in total. The van der Waals surface area contributed by atoms with Crippen LogP contribution in [0, 0.1) is 6.92 Å². The van der Waals surface area contributed by atoms with Gasteiger partial charge in [0.2, 0.25) is 11.9 Å². The molecular formula is C11H12F4N4O. The van der Waals surface area contributed by atoms with Gasteiger partial charge in [-0.3, -0.25) is 4.79 Å². The summed E-state index contributed by atoms with van der Waals surface area (Å²) < 4.78 is 51.5. The van der Waals surface area contributed by atoms with E-state index >= 15 is 0 Å². The highest BCUT2D eigenvalue weighted by atomic mass is 19.4. The molecule has 1 amide bonds. The Morgan fingerprint density at radius 2 is 2.10 bits per heavy atom. The molecule has 2 heterocycles. The van der Waals surface area contributed by atoms with Crippen LogP contribution in [0.4, 0.5) is 23.5 Å². The number of nitrogens with two attached hydrogens (primary N) is 1. The summed E-state index contributed by atoms with van der Waals surface area (Å²) in [6, 6.07) is -0.251. The van der Waals surface area contributed by atoms with Gasteiger partial charge in [-0.25, -0.2) is 14.4 Å². The summed E-state index contributed by atoms with van der Waals surface area (Å²) in [6.45, 7) is 1.11. The summed E-state index contributed by atoms with van der Waals surface area (Å²) in [5.41, 5.74) is 4.07. The van der Waals surface area contributed by atoms with E-state index in [0.717, 1.165) is 11.0 Å². The van der Waals surface area contributed by atoms with E-state index in [4.69, 9.17) is 5.73 Å². The van der Waals surface area contributed by atoms with Crippen molar-refractivity contribution in [2.24, 2.45) is 5.73 Å². The summed E-state index contributed by atoms with van der Waals surface area (Å²) in [5.74, 6) is -1.15. The van der Waals surface area contributed by atoms with Crippen molar-refractivity contribution in [3.8, 4) is 0 Å². The Kier molecular flexibility index (Phi) is 3.53. The molecule has 9 heteroatoms. The Bertz CT molecular complexity index is 534. The zero-order chi connectivity index (χ0) is 15.1. The highest BCUT2D eigenvalue weighted by Crippen LogP contribution is 2.31. The Morgan fingerprint density at radius 3 is 2.65 bits per heavy atom. The maximum Gasteiger partial charge on any atom is 0.433 e. The van der Waals surface area contributed by atoms with Gasteiger partial charge < -0.3 is 10.6 Å². The van der Waals surface area contributed by atoms with Crippen molar-refractivity contribution in [1.29, 1.82) is 0 Å². The summed E-state index contributed by atoms with van der Waals surface area (Å²) in [6.07, 6.45) is -6.17. The van der Waals surface area contributed by atoms with Gasteiger partial charge in [-0.15, -0.1) is 0 Å². The molecule has 0 spiro atoms. The smallest absolute Gasteiger partial charge is 0.368 e. The highest BCUT2D eigenvalue weighted by Gasteiger charge is 2.39. The summed E-state index contributed by atoms with van der Waals surface area (Å²) in [4.78, 5) is 19.5. The molecule has 20 heavy (non-hydrogen) atoms. The van der Waals surface area contributed by atoms with E-state index in [9.17, 15) is 22.4 Å². The molecule has 110 valence electrons. The number of aryl methyl sites for hydroxylation is 1. The molecule has 0 bridgehead atoms. The van der Waals surface area contributed by atoms with E-state index in [0.29, 0.717) is 0 Å². The first-order valence-electron chi connectivity index (χ1n) is 5.81. The zero-order valence-corrected chi connectivity index (χ0v) is 10.5. The minimum absolute atomic E-state index is 0.0767. The monoisotopic (exact) mass is 292 g/mol. The molecule has 0 aliphatic carbocycles. The molecule has 1 aromatic heterocycles. The second kappa shape index (κ2) is 4.88. The number of carbonyl (C=O) groups is 1. The number of carbonyl (C=O) groups excluding carboxylic acids is 1. The van der Waals surface area contributed by atoms with Crippen molar-refractivity contribution in [1.82, 2.24) is 9.97 Å². The van der Waals surface area contributed by atoms with Crippen LogP contribution in [0.1, 0.15) is 17.8 Å². The third kappa shape index (κ3) is 2.81.